The molecule has 0 spiro atoms. The van der Waals surface area contributed by atoms with Crippen LogP contribution in [0, 0.1) is 5.92 Å². The maximum atomic E-state index is 12.9. The maximum absolute atomic E-state index is 12.9. The number of hydrogen-bond acceptors (Lipinski definition) is 4. The molecule has 0 bridgehead atoms. The van der Waals surface area contributed by atoms with Crippen molar-refractivity contribution in [1.82, 2.24) is 4.98 Å². The van der Waals surface area contributed by atoms with Crippen molar-refractivity contribution in [3.05, 3.63) is 42.0 Å². The third-order valence-electron chi connectivity index (χ3n) is 6.82. The van der Waals surface area contributed by atoms with Crippen LogP contribution in [-0.2, 0) is 4.79 Å². The van der Waals surface area contributed by atoms with E-state index in [2.05, 4.69) is 30.2 Å². The molecule has 0 saturated heterocycles. The van der Waals surface area contributed by atoms with Gasteiger partial charge in [0.05, 0.1) is 26.0 Å². The molecule has 1 aliphatic rings. The smallest absolute Gasteiger partial charge is 0.241 e. The van der Waals surface area contributed by atoms with Gasteiger partial charge in [0, 0.05) is 22.2 Å². The lowest BCUT2D eigenvalue weighted by molar-refractivity contribution is -0.118. The average molecular weight is 450 g/mol. The first kappa shape index (κ1) is 23.2. The van der Waals surface area contributed by atoms with E-state index in [4.69, 9.17) is 15.2 Å². The largest absolute Gasteiger partial charge is 0.493 e. The summed E-state index contributed by atoms with van der Waals surface area (Å²) in [4.78, 5) is 16.4. The number of nitrogens with one attached hydrogen (secondary N) is 2. The van der Waals surface area contributed by atoms with Gasteiger partial charge in [0.1, 0.15) is 0 Å². The van der Waals surface area contributed by atoms with E-state index in [9.17, 15) is 4.79 Å². The Hall–Kier alpha value is -2.99. The van der Waals surface area contributed by atoms with E-state index in [0.29, 0.717) is 11.5 Å². The Labute approximate surface area is 195 Å². The van der Waals surface area contributed by atoms with E-state index in [-0.39, 0.29) is 17.7 Å². The van der Waals surface area contributed by atoms with Gasteiger partial charge in [-0.1, -0.05) is 33.1 Å². The molecule has 0 aliphatic heterocycles. The van der Waals surface area contributed by atoms with Gasteiger partial charge in [-0.3, -0.25) is 4.79 Å². The molecule has 4 N–H and O–H groups in total. The van der Waals surface area contributed by atoms with Gasteiger partial charge in [-0.05, 0) is 66.6 Å². The molecule has 2 aromatic carbocycles. The number of ether oxygens (including phenoxy) is 2. The van der Waals surface area contributed by atoms with Gasteiger partial charge in [-0.2, -0.15) is 0 Å². The minimum Gasteiger partial charge on any atom is -0.493 e. The monoisotopic (exact) mass is 449 g/mol. The highest BCUT2D eigenvalue weighted by Crippen LogP contribution is 2.39. The Morgan fingerprint density at radius 2 is 1.76 bits per heavy atom. The zero-order valence-electron chi connectivity index (χ0n) is 20.0. The number of aromatic nitrogens is 1. The Morgan fingerprint density at radius 1 is 1.03 bits per heavy atom. The molecular formula is C27H35N3O3. The molecule has 1 amide bonds. The fourth-order valence-electron chi connectivity index (χ4n) is 5.04. The van der Waals surface area contributed by atoms with Crippen molar-refractivity contribution in [1.29, 1.82) is 0 Å². The third-order valence-corrected chi connectivity index (χ3v) is 6.82. The number of rotatable bonds is 7. The van der Waals surface area contributed by atoms with Crippen LogP contribution in [0.25, 0.3) is 22.2 Å². The van der Waals surface area contributed by atoms with Gasteiger partial charge in [0.25, 0.3) is 0 Å². The molecule has 0 radical (unpaired) electrons. The Kier molecular flexibility index (Phi) is 6.94. The topological polar surface area (TPSA) is 89.4 Å². The lowest BCUT2D eigenvalue weighted by atomic mass is 9.84. The Bertz CT molecular complexity index is 1130. The summed E-state index contributed by atoms with van der Waals surface area (Å²) in [5, 5.41) is 4.16. The number of nitrogens with two attached hydrogens (primary N) is 1. The summed E-state index contributed by atoms with van der Waals surface area (Å²) < 4.78 is 10.9. The summed E-state index contributed by atoms with van der Waals surface area (Å²) in [6.45, 7) is 4.36. The van der Waals surface area contributed by atoms with Gasteiger partial charge in [0.2, 0.25) is 5.91 Å². The summed E-state index contributed by atoms with van der Waals surface area (Å²) in [5.41, 5.74) is 11.4. The van der Waals surface area contributed by atoms with Crippen LogP contribution >= 0.6 is 0 Å². The number of methoxy groups -OCH3 is 2. The SMILES string of the molecule is COc1ccc(-c2[nH]c3ccc(NC(=O)[C@@H](N)C4CCCCC4)cc3c2C(C)C)cc1OC. The number of carbonyl (C=O) groups excluding carboxylic acids is 1. The van der Waals surface area contributed by atoms with Crippen LogP contribution in [0.1, 0.15) is 57.4 Å². The van der Waals surface area contributed by atoms with E-state index in [1.54, 1.807) is 14.2 Å². The van der Waals surface area contributed by atoms with Crippen molar-refractivity contribution >= 4 is 22.5 Å². The summed E-state index contributed by atoms with van der Waals surface area (Å²) in [5.74, 6) is 1.84. The van der Waals surface area contributed by atoms with Gasteiger partial charge < -0.3 is 25.5 Å². The van der Waals surface area contributed by atoms with Gasteiger partial charge in [-0.25, -0.2) is 0 Å². The molecule has 6 heteroatoms. The van der Waals surface area contributed by atoms with Gasteiger partial charge in [-0.15, -0.1) is 0 Å². The molecule has 1 heterocycles. The lowest BCUT2D eigenvalue weighted by Crippen LogP contribution is -2.42. The van der Waals surface area contributed by atoms with Crippen LogP contribution in [0.4, 0.5) is 5.69 Å². The van der Waals surface area contributed by atoms with Gasteiger partial charge in [0.15, 0.2) is 11.5 Å². The molecule has 4 rings (SSSR count). The molecule has 6 nitrogen and oxygen atoms in total. The fourth-order valence-corrected chi connectivity index (χ4v) is 5.04. The van der Waals surface area contributed by atoms with Crippen LogP contribution in [0.15, 0.2) is 36.4 Å². The number of fused-ring (bicyclic) bond motifs is 1. The molecular weight excluding hydrogens is 414 g/mol. The molecule has 3 aromatic rings. The van der Waals surface area contributed by atoms with Crippen molar-refractivity contribution in [3.8, 4) is 22.8 Å². The van der Waals surface area contributed by atoms with Crippen molar-refractivity contribution in [2.75, 3.05) is 19.5 Å². The van der Waals surface area contributed by atoms with Crippen LogP contribution in [-0.4, -0.2) is 31.2 Å². The quantitative estimate of drug-likeness (QED) is 0.424. The van der Waals surface area contributed by atoms with E-state index >= 15 is 0 Å². The average Bonchev–Trinajstić information content (AvgIpc) is 3.22. The first-order chi connectivity index (χ1) is 15.9. The molecule has 1 saturated carbocycles. The Morgan fingerprint density at radius 3 is 2.42 bits per heavy atom. The first-order valence-electron chi connectivity index (χ1n) is 11.9. The van der Waals surface area contributed by atoms with E-state index in [0.717, 1.165) is 53.5 Å². The third kappa shape index (κ3) is 4.71. The molecule has 176 valence electrons. The molecule has 0 unspecified atom stereocenters. The normalized spacial score (nSPS) is 15.6. The summed E-state index contributed by atoms with van der Waals surface area (Å²) in [6, 6.07) is 11.5. The highest BCUT2D eigenvalue weighted by molar-refractivity contribution is 5.99. The fraction of sp³-hybridized carbons (Fsp3) is 0.444. The summed E-state index contributed by atoms with van der Waals surface area (Å²) >= 11 is 0. The van der Waals surface area contributed by atoms with Crippen LogP contribution in [0.2, 0.25) is 0 Å². The maximum Gasteiger partial charge on any atom is 0.241 e. The van der Waals surface area contributed by atoms with E-state index < -0.39 is 6.04 Å². The highest BCUT2D eigenvalue weighted by atomic mass is 16.5. The predicted octanol–water partition coefficient (Wildman–Crippen LogP) is 5.82. The van der Waals surface area contributed by atoms with Crippen molar-refractivity contribution in [2.24, 2.45) is 11.7 Å². The second-order valence-electron chi connectivity index (χ2n) is 9.31. The number of carbonyl (C=O) groups is 1. The minimum atomic E-state index is -0.459. The minimum absolute atomic E-state index is 0.0944. The number of H-pyrrole nitrogens is 1. The molecule has 1 fully saturated rings. The molecule has 1 aliphatic carbocycles. The first-order valence-corrected chi connectivity index (χ1v) is 11.9. The number of amides is 1. The molecule has 1 aromatic heterocycles. The van der Waals surface area contributed by atoms with Crippen molar-refractivity contribution < 1.29 is 14.3 Å². The number of aromatic amines is 1. The zero-order valence-corrected chi connectivity index (χ0v) is 20.0. The second kappa shape index (κ2) is 9.87. The van der Waals surface area contributed by atoms with E-state index in [1.807, 2.05) is 30.3 Å². The van der Waals surface area contributed by atoms with Crippen LogP contribution < -0.4 is 20.5 Å². The predicted molar refractivity (Wildman–Crippen MR) is 134 cm³/mol. The van der Waals surface area contributed by atoms with Crippen molar-refractivity contribution in [2.45, 2.75) is 57.9 Å². The molecule has 33 heavy (non-hydrogen) atoms. The lowest BCUT2D eigenvalue weighted by Gasteiger charge is -2.26. The van der Waals surface area contributed by atoms with E-state index in [1.165, 1.54) is 12.0 Å². The summed E-state index contributed by atoms with van der Waals surface area (Å²) in [6.07, 6.45) is 5.65. The van der Waals surface area contributed by atoms with Crippen LogP contribution in [0.3, 0.4) is 0 Å². The highest BCUT2D eigenvalue weighted by Gasteiger charge is 2.26. The Balaban J connectivity index is 1.66. The van der Waals surface area contributed by atoms with Crippen LogP contribution in [0.5, 0.6) is 11.5 Å². The number of anilines is 1. The summed E-state index contributed by atoms with van der Waals surface area (Å²) in [7, 11) is 3.28. The number of benzene rings is 2. The second-order valence-corrected chi connectivity index (χ2v) is 9.31. The molecule has 1 atom stereocenters. The number of hydrogen-bond donors (Lipinski definition) is 3. The zero-order chi connectivity index (χ0) is 23.5. The van der Waals surface area contributed by atoms with Gasteiger partial charge >= 0.3 is 0 Å². The standard InChI is InChI=1S/C27H35N3O3/c1-16(2)24-20-15-19(29-27(31)25(28)17-8-6-5-7-9-17)11-12-21(20)30-26(24)18-10-13-22(32-3)23(14-18)33-4/h10-17,25,30H,5-9,28H2,1-4H3,(H,29,31)/t25-/m0/s1. The van der Waals surface area contributed by atoms with Crippen molar-refractivity contribution in [3.63, 3.8) is 0 Å².